The quantitative estimate of drug-likeness (QED) is 0.915. The number of nitrogens with zero attached hydrogens (tertiary/aromatic N) is 2. The Kier molecular flexibility index (Phi) is 5.33. The summed E-state index contributed by atoms with van der Waals surface area (Å²) in [5, 5.41) is 10.6. The molecule has 0 radical (unpaired) electrons. The van der Waals surface area contributed by atoms with Gasteiger partial charge in [-0.2, -0.15) is 5.10 Å². The lowest BCUT2D eigenvalue weighted by molar-refractivity contribution is 0.200. The average Bonchev–Trinajstić information content (AvgIpc) is 2.88. The first-order chi connectivity index (χ1) is 9.72. The van der Waals surface area contributed by atoms with Crippen LogP contribution in [0.5, 0.6) is 0 Å². The molecule has 114 valence electrons. The lowest BCUT2D eigenvalue weighted by Crippen LogP contribution is -2.48. The molecule has 1 unspecified atom stereocenters. The first-order valence-electron chi connectivity index (χ1n) is 6.96. The van der Waals surface area contributed by atoms with Crippen molar-refractivity contribution in [3.8, 4) is 11.3 Å². The van der Waals surface area contributed by atoms with Crippen molar-refractivity contribution in [1.29, 1.82) is 0 Å². The molecule has 0 spiro atoms. The fourth-order valence-corrected chi connectivity index (χ4v) is 2.69. The molecule has 1 fully saturated rings. The largest absolute Gasteiger partial charge is 0.312 e. The zero-order valence-electron chi connectivity index (χ0n) is 12.0. The lowest BCUT2D eigenvalue weighted by atomic mass is 10.1. The third-order valence-electron chi connectivity index (χ3n) is 3.70. The van der Waals surface area contributed by atoms with Crippen molar-refractivity contribution in [3.05, 3.63) is 41.8 Å². The minimum Gasteiger partial charge on any atom is -0.312 e. The summed E-state index contributed by atoms with van der Waals surface area (Å²) in [4.78, 5) is 2.42. The topological polar surface area (TPSA) is 44.0 Å². The Balaban J connectivity index is 0.00000161. The monoisotopic (exact) mass is 310 g/mol. The van der Waals surface area contributed by atoms with E-state index in [1.54, 1.807) is 12.1 Å². The number of piperazine rings is 1. The number of halogens is 2. The molecule has 1 aliphatic rings. The Hall–Kier alpha value is -1.43. The van der Waals surface area contributed by atoms with Crippen LogP contribution in [-0.4, -0.2) is 40.8 Å². The van der Waals surface area contributed by atoms with Gasteiger partial charge in [-0.25, -0.2) is 4.39 Å². The number of hydrogen-bond acceptors (Lipinski definition) is 3. The Bertz CT molecular complexity index is 569. The van der Waals surface area contributed by atoms with Crippen molar-refractivity contribution < 1.29 is 4.39 Å². The molecule has 2 N–H and O–H groups in total. The summed E-state index contributed by atoms with van der Waals surface area (Å²) in [6.07, 6.45) is 1.87. The predicted molar refractivity (Wildman–Crippen MR) is 84.0 cm³/mol. The van der Waals surface area contributed by atoms with Gasteiger partial charge in [0.25, 0.3) is 0 Å². The number of nitrogens with one attached hydrogen (secondary N) is 2. The Labute approximate surface area is 130 Å². The number of aromatic amines is 1. The zero-order valence-corrected chi connectivity index (χ0v) is 12.8. The summed E-state index contributed by atoms with van der Waals surface area (Å²) in [5.74, 6) is -0.217. The van der Waals surface area contributed by atoms with Gasteiger partial charge in [-0.3, -0.25) is 10.00 Å². The van der Waals surface area contributed by atoms with Crippen LogP contribution in [0, 0.1) is 5.82 Å². The molecule has 1 saturated heterocycles. The van der Waals surface area contributed by atoms with Crippen LogP contribution in [0.2, 0.25) is 0 Å². The Morgan fingerprint density at radius 1 is 1.33 bits per heavy atom. The van der Waals surface area contributed by atoms with E-state index in [1.807, 2.05) is 6.20 Å². The van der Waals surface area contributed by atoms with Gasteiger partial charge < -0.3 is 5.32 Å². The summed E-state index contributed by atoms with van der Waals surface area (Å²) >= 11 is 0. The molecular formula is C15H20ClFN4. The van der Waals surface area contributed by atoms with Crippen LogP contribution in [0.25, 0.3) is 11.3 Å². The van der Waals surface area contributed by atoms with E-state index in [4.69, 9.17) is 0 Å². The maximum absolute atomic E-state index is 13.0. The normalized spacial score (nSPS) is 19.2. The molecule has 6 heteroatoms. The maximum atomic E-state index is 13.0. The van der Waals surface area contributed by atoms with E-state index in [0.29, 0.717) is 6.04 Å². The van der Waals surface area contributed by atoms with Crippen LogP contribution in [0.3, 0.4) is 0 Å². The smallest absolute Gasteiger partial charge is 0.123 e. The Morgan fingerprint density at radius 3 is 2.81 bits per heavy atom. The lowest BCUT2D eigenvalue weighted by Gasteiger charge is -2.31. The second kappa shape index (κ2) is 7.02. The molecule has 0 saturated carbocycles. The summed E-state index contributed by atoms with van der Waals surface area (Å²) < 4.78 is 13.0. The van der Waals surface area contributed by atoms with E-state index >= 15 is 0 Å². The molecule has 21 heavy (non-hydrogen) atoms. The zero-order chi connectivity index (χ0) is 13.9. The maximum Gasteiger partial charge on any atom is 0.123 e. The van der Waals surface area contributed by atoms with Gasteiger partial charge in [0.1, 0.15) is 5.82 Å². The fourth-order valence-electron chi connectivity index (χ4n) is 2.69. The van der Waals surface area contributed by atoms with Crippen molar-refractivity contribution in [2.24, 2.45) is 0 Å². The molecule has 1 aromatic carbocycles. The molecule has 1 aromatic heterocycles. The van der Waals surface area contributed by atoms with E-state index in [9.17, 15) is 4.39 Å². The standard InChI is InChI=1S/C15H19FN4.ClH/c1-11-9-20(7-6-17-11)10-13-8-18-19-15(13)12-2-4-14(16)5-3-12;/h2-5,8,11,17H,6-7,9-10H2,1H3,(H,18,19);1H. The van der Waals surface area contributed by atoms with Crippen LogP contribution < -0.4 is 5.32 Å². The summed E-state index contributed by atoms with van der Waals surface area (Å²) in [5.41, 5.74) is 3.11. The second-order valence-corrected chi connectivity index (χ2v) is 5.37. The number of benzene rings is 1. The first-order valence-corrected chi connectivity index (χ1v) is 6.96. The van der Waals surface area contributed by atoms with Crippen LogP contribution in [0.15, 0.2) is 30.5 Å². The highest BCUT2D eigenvalue weighted by Crippen LogP contribution is 2.22. The number of aromatic nitrogens is 2. The van der Waals surface area contributed by atoms with Gasteiger partial charge in [-0.1, -0.05) is 0 Å². The highest BCUT2D eigenvalue weighted by molar-refractivity contribution is 5.85. The summed E-state index contributed by atoms with van der Waals surface area (Å²) in [7, 11) is 0. The summed E-state index contributed by atoms with van der Waals surface area (Å²) in [6, 6.07) is 7.05. The molecule has 2 aromatic rings. The van der Waals surface area contributed by atoms with Gasteiger partial charge in [-0.05, 0) is 31.2 Å². The molecule has 4 nitrogen and oxygen atoms in total. The molecule has 0 amide bonds. The molecule has 1 atom stereocenters. The van der Waals surface area contributed by atoms with Crippen LogP contribution in [0.4, 0.5) is 4.39 Å². The highest BCUT2D eigenvalue weighted by atomic mass is 35.5. The first kappa shape index (κ1) is 15.9. The van der Waals surface area contributed by atoms with Crippen molar-refractivity contribution in [2.75, 3.05) is 19.6 Å². The molecule has 0 bridgehead atoms. The van der Waals surface area contributed by atoms with E-state index in [-0.39, 0.29) is 18.2 Å². The van der Waals surface area contributed by atoms with Crippen molar-refractivity contribution >= 4 is 12.4 Å². The number of rotatable bonds is 3. The number of hydrogen-bond donors (Lipinski definition) is 2. The van der Waals surface area contributed by atoms with Crippen LogP contribution in [-0.2, 0) is 6.54 Å². The minimum atomic E-state index is -0.217. The van der Waals surface area contributed by atoms with Gasteiger partial charge in [0.05, 0.1) is 11.9 Å². The third-order valence-corrected chi connectivity index (χ3v) is 3.70. The predicted octanol–water partition coefficient (Wildman–Crippen LogP) is 2.43. The summed E-state index contributed by atoms with van der Waals surface area (Å²) in [6.45, 7) is 6.16. The van der Waals surface area contributed by atoms with Crippen molar-refractivity contribution in [2.45, 2.75) is 19.5 Å². The van der Waals surface area contributed by atoms with Gasteiger partial charge in [0.15, 0.2) is 0 Å². The molecule has 1 aliphatic heterocycles. The fraction of sp³-hybridized carbons (Fsp3) is 0.400. The molecule has 3 rings (SSSR count). The van der Waals surface area contributed by atoms with Crippen LogP contribution in [0.1, 0.15) is 12.5 Å². The molecule has 0 aliphatic carbocycles. The van der Waals surface area contributed by atoms with Crippen LogP contribution >= 0.6 is 12.4 Å². The number of H-pyrrole nitrogens is 1. The van der Waals surface area contributed by atoms with E-state index in [2.05, 4.69) is 27.3 Å². The van der Waals surface area contributed by atoms with E-state index < -0.39 is 0 Å². The Morgan fingerprint density at radius 2 is 2.10 bits per heavy atom. The van der Waals surface area contributed by atoms with Crippen molar-refractivity contribution in [1.82, 2.24) is 20.4 Å². The SMILES string of the molecule is CC1CN(Cc2cn[nH]c2-c2ccc(F)cc2)CCN1.Cl. The van der Waals surface area contributed by atoms with Crippen molar-refractivity contribution in [3.63, 3.8) is 0 Å². The molecular weight excluding hydrogens is 291 g/mol. The minimum absolute atomic E-state index is 0. The van der Waals surface area contributed by atoms with Gasteiger partial charge in [-0.15, -0.1) is 12.4 Å². The average molecular weight is 311 g/mol. The van der Waals surface area contributed by atoms with Gasteiger partial charge in [0, 0.05) is 43.3 Å². The highest BCUT2D eigenvalue weighted by Gasteiger charge is 2.18. The van der Waals surface area contributed by atoms with Gasteiger partial charge in [0.2, 0.25) is 0 Å². The van der Waals surface area contributed by atoms with Gasteiger partial charge >= 0.3 is 0 Å². The van der Waals surface area contributed by atoms with E-state index in [1.165, 1.54) is 12.1 Å². The third kappa shape index (κ3) is 3.81. The second-order valence-electron chi connectivity index (χ2n) is 5.37. The van der Waals surface area contributed by atoms with E-state index in [0.717, 1.165) is 43.0 Å². The molecule has 2 heterocycles.